The van der Waals surface area contributed by atoms with Crippen molar-refractivity contribution >= 4 is 45.0 Å². The number of nitrogens with zero attached hydrogens (tertiary/aromatic N) is 1. The van der Waals surface area contributed by atoms with Gasteiger partial charge in [-0.2, -0.15) is 0 Å². The van der Waals surface area contributed by atoms with Crippen LogP contribution in [0.15, 0.2) is 22.7 Å². The van der Waals surface area contributed by atoms with Gasteiger partial charge in [-0.1, -0.05) is 23.7 Å². The first kappa shape index (κ1) is 12.8. The third-order valence-corrected chi connectivity index (χ3v) is 3.69. The normalized spacial score (nSPS) is 10.1. The van der Waals surface area contributed by atoms with Crippen molar-refractivity contribution in [2.75, 3.05) is 12.9 Å². The first-order valence-electron chi connectivity index (χ1n) is 4.29. The highest BCUT2D eigenvalue weighted by atomic mass is 79.9. The number of halogens is 3. The van der Waals surface area contributed by atoms with E-state index in [4.69, 9.17) is 23.2 Å². The molecule has 0 atom stereocenters. The van der Waals surface area contributed by atoms with E-state index in [9.17, 15) is 4.79 Å². The zero-order valence-electron chi connectivity index (χ0n) is 8.14. The molecule has 0 spiro atoms. The van der Waals surface area contributed by atoms with Crippen LogP contribution in [0.2, 0.25) is 5.02 Å². The van der Waals surface area contributed by atoms with E-state index in [2.05, 4.69) is 15.9 Å². The summed E-state index contributed by atoms with van der Waals surface area (Å²) in [6.45, 7) is 0.493. The molecule has 0 aliphatic rings. The fraction of sp³-hybridized carbons (Fsp3) is 0.300. The smallest absolute Gasteiger partial charge is 0.237 e. The first-order valence-corrected chi connectivity index (χ1v) is 5.99. The number of rotatable bonds is 3. The molecule has 0 fully saturated rings. The van der Waals surface area contributed by atoms with Gasteiger partial charge in [0.25, 0.3) is 0 Å². The summed E-state index contributed by atoms with van der Waals surface area (Å²) in [4.78, 5) is 12.8. The van der Waals surface area contributed by atoms with Gasteiger partial charge in [0.15, 0.2) is 0 Å². The average Bonchev–Trinajstić information content (AvgIpc) is 2.23. The van der Waals surface area contributed by atoms with Gasteiger partial charge in [-0.3, -0.25) is 4.79 Å². The van der Waals surface area contributed by atoms with Gasteiger partial charge in [0.2, 0.25) is 5.91 Å². The third-order valence-electron chi connectivity index (χ3n) is 1.98. The van der Waals surface area contributed by atoms with Crippen molar-refractivity contribution in [1.82, 2.24) is 4.90 Å². The summed E-state index contributed by atoms with van der Waals surface area (Å²) in [7, 11) is 1.71. The van der Waals surface area contributed by atoms with E-state index in [1.54, 1.807) is 18.0 Å². The molecule has 1 rings (SSSR count). The second-order valence-electron chi connectivity index (χ2n) is 3.10. The number of alkyl halides is 1. The highest BCUT2D eigenvalue weighted by molar-refractivity contribution is 9.10. The fourth-order valence-corrected chi connectivity index (χ4v) is 1.90. The van der Waals surface area contributed by atoms with Crippen LogP contribution in [0.25, 0.3) is 0 Å². The number of benzene rings is 1. The molecular formula is C10H10BrCl2NO. The number of hydrogen-bond acceptors (Lipinski definition) is 1. The Morgan fingerprint density at radius 1 is 1.53 bits per heavy atom. The second-order valence-corrected chi connectivity index (χ2v) is 4.56. The van der Waals surface area contributed by atoms with Crippen molar-refractivity contribution < 1.29 is 4.79 Å². The quantitative estimate of drug-likeness (QED) is 0.784. The zero-order chi connectivity index (χ0) is 11.4. The van der Waals surface area contributed by atoms with Crippen molar-refractivity contribution in [2.24, 2.45) is 0 Å². The predicted molar refractivity (Wildman–Crippen MR) is 66.3 cm³/mol. The molecule has 82 valence electrons. The van der Waals surface area contributed by atoms with Gasteiger partial charge in [-0.15, -0.1) is 11.6 Å². The van der Waals surface area contributed by atoms with Crippen LogP contribution in [0.4, 0.5) is 0 Å². The van der Waals surface area contributed by atoms with Gasteiger partial charge >= 0.3 is 0 Å². The Morgan fingerprint density at radius 2 is 2.20 bits per heavy atom. The van der Waals surface area contributed by atoms with Crippen LogP contribution in [0.1, 0.15) is 5.56 Å². The van der Waals surface area contributed by atoms with Crippen molar-refractivity contribution in [2.45, 2.75) is 6.54 Å². The standard InChI is InChI=1S/C10H10BrCl2NO/c1-14(9(15)5-12)6-7-3-2-4-8(13)10(7)11/h2-4H,5-6H2,1H3. The molecule has 0 bridgehead atoms. The minimum atomic E-state index is -0.108. The molecule has 0 saturated carbocycles. The summed E-state index contributed by atoms with van der Waals surface area (Å²) >= 11 is 14.8. The summed E-state index contributed by atoms with van der Waals surface area (Å²) in [5.41, 5.74) is 0.962. The largest absolute Gasteiger partial charge is 0.340 e. The molecule has 0 aromatic heterocycles. The monoisotopic (exact) mass is 309 g/mol. The number of carbonyl (C=O) groups is 1. The van der Waals surface area contributed by atoms with E-state index in [-0.39, 0.29) is 11.8 Å². The van der Waals surface area contributed by atoms with Gasteiger partial charge < -0.3 is 4.90 Å². The van der Waals surface area contributed by atoms with Gasteiger partial charge in [0.05, 0.1) is 5.02 Å². The Balaban J connectivity index is 2.81. The average molecular weight is 311 g/mol. The molecular weight excluding hydrogens is 301 g/mol. The maximum absolute atomic E-state index is 11.3. The van der Waals surface area contributed by atoms with E-state index in [0.29, 0.717) is 11.6 Å². The van der Waals surface area contributed by atoms with Crippen LogP contribution in [0.3, 0.4) is 0 Å². The van der Waals surface area contributed by atoms with Gasteiger partial charge in [-0.25, -0.2) is 0 Å². The van der Waals surface area contributed by atoms with Crippen LogP contribution in [-0.2, 0) is 11.3 Å². The lowest BCUT2D eigenvalue weighted by Gasteiger charge is -2.17. The first-order chi connectivity index (χ1) is 7.06. The summed E-state index contributed by atoms with van der Waals surface area (Å²) in [5, 5.41) is 0.638. The van der Waals surface area contributed by atoms with Crippen LogP contribution in [0, 0.1) is 0 Å². The minimum absolute atomic E-state index is 0.00527. The van der Waals surface area contributed by atoms with E-state index < -0.39 is 0 Å². The highest BCUT2D eigenvalue weighted by Gasteiger charge is 2.10. The summed E-state index contributed by atoms with van der Waals surface area (Å²) in [6.07, 6.45) is 0. The van der Waals surface area contributed by atoms with E-state index in [0.717, 1.165) is 10.0 Å². The predicted octanol–water partition coefficient (Wildman–Crippen LogP) is 3.30. The van der Waals surface area contributed by atoms with Gasteiger partial charge in [0.1, 0.15) is 5.88 Å². The molecule has 1 amide bonds. The Labute approximate surface area is 107 Å². The number of hydrogen-bond donors (Lipinski definition) is 0. The molecule has 5 heteroatoms. The van der Waals surface area contributed by atoms with Gasteiger partial charge in [0, 0.05) is 18.1 Å². The second kappa shape index (κ2) is 5.73. The van der Waals surface area contributed by atoms with Crippen molar-refractivity contribution in [3.63, 3.8) is 0 Å². The van der Waals surface area contributed by atoms with Crippen LogP contribution >= 0.6 is 39.1 Å². The SMILES string of the molecule is CN(Cc1cccc(Cl)c1Br)C(=O)CCl. The molecule has 0 aliphatic heterocycles. The third kappa shape index (κ3) is 3.37. The highest BCUT2D eigenvalue weighted by Crippen LogP contribution is 2.26. The Morgan fingerprint density at radius 3 is 2.80 bits per heavy atom. The molecule has 0 heterocycles. The van der Waals surface area contributed by atoms with Gasteiger partial charge in [-0.05, 0) is 27.6 Å². The zero-order valence-corrected chi connectivity index (χ0v) is 11.2. The maximum atomic E-state index is 11.3. The molecule has 1 aromatic carbocycles. The Bertz CT molecular complexity index is 370. The minimum Gasteiger partial charge on any atom is -0.340 e. The van der Waals surface area contributed by atoms with Crippen molar-refractivity contribution in [1.29, 1.82) is 0 Å². The molecule has 0 unspecified atom stereocenters. The molecule has 15 heavy (non-hydrogen) atoms. The van der Waals surface area contributed by atoms with E-state index >= 15 is 0 Å². The van der Waals surface area contributed by atoms with Crippen molar-refractivity contribution in [3.8, 4) is 0 Å². The lowest BCUT2D eigenvalue weighted by atomic mass is 10.2. The Hall–Kier alpha value is -0.250. The molecule has 1 aromatic rings. The lowest BCUT2D eigenvalue weighted by molar-refractivity contribution is -0.127. The summed E-state index contributed by atoms with van der Waals surface area (Å²) in [6, 6.07) is 5.55. The number of amides is 1. The molecule has 0 radical (unpaired) electrons. The fourth-order valence-electron chi connectivity index (χ4n) is 1.12. The topological polar surface area (TPSA) is 20.3 Å². The molecule has 0 aliphatic carbocycles. The van der Waals surface area contributed by atoms with Crippen LogP contribution < -0.4 is 0 Å². The number of carbonyl (C=O) groups excluding carboxylic acids is 1. The van der Waals surface area contributed by atoms with E-state index in [1.165, 1.54) is 0 Å². The Kier molecular flexibility index (Phi) is 4.90. The molecule has 0 N–H and O–H groups in total. The van der Waals surface area contributed by atoms with Crippen molar-refractivity contribution in [3.05, 3.63) is 33.3 Å². The molecule has 0 saturated heterocycles. The molecule has 2 nitrogen and oxygen atoms in total. The summed E-state index contributed by atoms with van der Waals surface area (Å²) < 4.78 is 0.820. The summed E-state index contributed by atoms with van der Waals surface area (Å²) in [5.74, 6) is -0.113. The van der Waals surface area contributed by atoms with Crippen LogP contribution in [-0.4, -0.2) is 23.7 Å². The maximum Gasteiger partial charge on any atom is 0.237 e. The van der Waals surface area contributed by atoms with E-state index in [1.807, 2.05) is 12.1 Å². The lowest BCUT2D eigenvalue weighted by Crippen LogP contribution is -2.27. The van der Waals surface area contributed by atoms with Crippen LogP contribution in [0.5, 0.6) is 0 Å².